The van der Waals surface area contributed by atoms with Crippen LogP contribution in [0.1, 0.15) is 5.56 Å². The molecule has 1 heterocycles. The average Bonchev–Trinajstić information content (AvgIpc) is 2.63. The van der Waals surface area contributed by atoms with E-state index in [1.54, 1.807) is 12.1 Å². The lowest BCUT2D eigenvalue weighted by Crippen LogP contribution is -1.95. The molecule has 0 aromatic heterocycles. The van der Waals surface area contributed by atoms with Gasteiger partial charge in [0.1, 0.15) is 0 Å². The maximum atomic E-state index is 9.00. The third kappa shape index (κ3) is 1.19. The SMILES string of the molecule is COc1c(CO)ccc2c1OCO2. The van der Waals surface area contributed by atoms with Gasteiger partial charge in [-0.05, 0) is 12.1 Å². The molecular weight excluding hydrogens is 172 g/mol. The number of aliphatic hydroxyl groups excluding tert-OH is 1. The lowest BCUT2D eigenvalue weighted by molar-refractivity contribution is 0.170. The van der Waals surface area contributed by atoms with Gasteiger partial charge in [0.15, 0.2) is 11.5 Å². The number of aliphatic hydroxyl groups is 1. The van der Waals surface area contributed by atoms with Crippen molar-refractivity contribution in [3.05, 3.63) is 17.7 Å². The molecule has 13 heavy (non-hydrogen) atoms. The maximum Gasteiger partial charge on any atom is 0.231 e. The van der Waals surface area contributed by atoms with Crippen LogP contribution in [-0.2, 0) is 6.61 Å². The van der Waals surface area contributed by atoms with Gasteiger partial charge in [-0.2, -0.15) is 0 Å². The highest BCUT2D eigenvalue weighted by Crippen LogP contribution is 2.42. The van der Waals surface area contributed by atoms with E-state index in [0.29, 0.717) is 22.8 Å². The van der Waals surface area contributed by atoms with Crippen molar-refractivity contribution in [3.8, 4) is 17.2 Å². The number of hydrogen-bond donors (Lipinski definition) is 1. The Morgan fingerprint density at radius 3 is 3.00 bits per heavy atom. The Labute approximate surface area is 75.7 Å². The van der Waals surface area contributed by atoms with Crippen molar-refractivity contribution in [3.63, 3.8) is 0 Å². The summed E-state index contributed by atoms with van der Waals surface area (Å²) in [6.07, 6.45) is 0. The average molecular weight is 182 g/mol. The van der Waals surface area contributed by atoms with Crippen LogP contribution in [0.15, 0.2) is 12.1 Å². The summed E-state index contributed by atoms with van der Waals surface area (Å²) in [6, 6.07) is 3.52. The number of hydrogen-bond acceptors (Lipinski definition) is 4. The molecular formula is C9H10O4. The van der Waals surface area contributed by atoms with Crippen molar-refractivity contribution in [2.45, 2.75) is 6.61 Å². The van der Waals surface area contributed by atoms with Crippen LogP contribution >= 0.6 is 0 Å². The molecule has 1 aromatic carbocycles. The number of ether oxygens (including phenoxy) is 3. The minimum absolute atomic E-state index is 0.0696. The normalized spacial score (nSPS) is 13.1. The lowest BCUT2D eigenvalue weighted by atomic mass is 10.2. The van der Waals surface area contributed by atoms with E-state index >= 15 is 0 Å². The predicted octanol–water partition coefficient (Wildman–Crippen LogP) is 0.916. The van der Waals surface area contributed by atoms with E-state index in [1.807, 2.05) is 0 Å². The molecule has 1 aromatic rings. The van der Waals surface area contributed by atoms with Gasteiger partial charge in [-0.3, -0.25) is 0 Å². The minimum Gasteiger partial charge on any atom is -0.492 e. The molecule has 1 aliphatic heterocycles. The van der Waals surface area contributed by atoms with E-state index in [4.69, 9.17) is 19.3 Å². The summed E-state index contributed by atoms with van der Waals surface area (Å²) in [5, 5.41) is 9.00. The second kappa shape index (κ2) is 3.14. The van der Waals surface area contributed by atoms with E-state index in [0.717, 1.165) is 0 Å². The van der Waals surface area contributed by atoms with Crippen LogP contribution in [0.2, 0.25) is 0 Å². The molecule has 0 amide bonds. The van der Waals surface area contributed by atoms with E-state index in [9.17, 15) is 0 Å². The zero-order chi connectivity index (χ0) is 9.26. The van der Waals surface area contributed by atoms with Gasteiger partial charge in [-0.15, -0.1) is 0 Å². The third-order valence-corrected chi connectivity index (χ3v) is 1.95. The van der Waals surface area contributed by atoms with Crippen molar-refractivity contribution in [2.24, 2.45) is 0 Å². The summed E-state index contributed by atoms with van der Waals surface area (Å²) in [6.45, 7) is 0.139. The fourth-order valence-electron chi connectivity index (χ4n) is 1.34. The molecule has 0 saturated carbocycles. The van der Waals surface area contributed by atoms with Crippen molar-refractivity contribution in [1.82, 2.24) is 0 Å². The largest absolute Gasteiger partial charge is 0.492 e. The molecule has 2 rings (SSSR count). The van der Waals surface area contributed by atoms with Gasteiger partial charge in [-0.1, -0.05) is 0 Å². The van der Waals surface area contributed by atoms with Crippen molar-refractivity contribution in [2.75, 3.05) is 13.9 Å². The van der Waals surface area contributed by atoms with Crippen LogP contribution in [-0.4, -0.2) is 19.0 Å². The Morgan fingerprint density at radius 2 is 2.31 bits per heavy atom. The molecule has 0 unspecified atom stereocenters. The smallest absolute Gasteiger partial charge is 0.231 e. The van der Waals surface area contributed by atoms with Gasteiger partial charge in [-0.25, -0.2) is 0 Å². The summed E-state index contributed by atoms with van der Waals surface area (Å²) in [4.78, 5) is 0. The quantitative estimate of drug-likeness (QED) is 0.738. The number of fused-ring (bicyclic) bond motifs is 1. The minimum atomic E-state index is -0.0696. The van der Waals surface area contributed by atoms with Gasteiger partial charge in [0, 0.05) is 5.56 Å². The Bertz CT molecular complexity index is 322. The zero-order valence-electron chi connectivity index (χ0n) is 7.24. The molecule has 0 saturated heterocycles. The molecule has 0 aliphatic carbocycles. The van der Waals surface area contributed by atoms with Gasteiger partial charge >= 0.3 is 0 Å². The second-order valence-corrected chi connectivity index (χ2v) is 2.65. The summed E-state index contributed by atoms with van der Waals surface area (Å²) in [5.74, 6) is 1.79. The van der Waals surface area contributed by atoms with Gasteiger partial charge in [0.25, 0.3) is 0 Å². The summed E-state index contributed by atoms with van der Waals surface area (Å²) in [5.41, 5.74) is 0.701. The van der Waals surface area contributed by atoms with Crippen LogP contribution in [0, 0.1) is 0 Å². The Balaban J connectivity index is 2.53. The third-order valence-electron chi connectivity index (χ3n) is 1.95. The Kier molecular flexibility index (Phi) is 1.98. The number of benzene rings is 1. The fraction of sp³-hybridized carbons (Fsp3) is 0.333. The van der Waals surface area contributed by atoms with E-state index < -0.39 is 0 Å². The van der Waals surface area contributed by atoms with Crippen LogP contribution < -0.4 is 14.2 Å². The topological polar surface area (TPSA) is 47.9 Å². The first-order valence-corrected chi connectivity index (χ1v) is 3.93. The van der Waals surface area contributed by atoms with Crippen LogP contribution in [0.4, 0.5) is 0 Å². The second-order valence-electron chi connectivity index (χ2n) is 2.65. The van der Waals surface area contributed by atoms with Gasteiger partial charge < -0.3 is 19.3 Å². The van der Waals surface area contributed by atoms with Crippen molar-refractivity contribution < 1.29 is 19.3 Å². The monoisotopic (exact) mass is 182 g/mol. The van der Waals surface area contributed by atoms with E-state index in [1.165, 1.54) is 7.11 Å². The highest BCUT2D eigenvalue weighted by Gasteiger charge is 2.20. The summed E-state index contributed by atoms with van der Waals surface area (Å²) in [7, 11) is 1.54. The van der Waals surface area contributed by atoms with Crippen LogP contribution in [0.3, 0.4) is 0 Å². The number of rotatable bonds is 2. The molecule has 0 radical (unpaired) electrons. The molecule has 0 fully saturated rings. The van der Waals surface area contributed by atoms with Crippen molar-refractivity contribution >= 4 is 0 Å². The van der Waals surface area contributed by atoms with Crippen LogP contribution in [0.5, 0.6) is 17.2 Å². The molecule has 0 atom stereocenters. The molecule has 4 heteroatoms. The molecule has 0 bridgehead atoms. The Hall–Kier alpha value is -1.42. The highest BCUT2D eigenvalue weighted by atomic mass is 16.7. The van der Waals surface area contributed by atoms with Gasteiger partial charge in [0.2, 0.25) is 12.5 Å². The zero-order valence-corrected chi connectivity index (χ0v) is 7.24. The van der Waals surface area contributed by atoms with E-state index in [2.05, 4.69) is 0 Å². The van der Waals surface area contributed by atoms with E-state index in [-0.39, 0.29) is 13.4 Å². The lowest BCUT2D eigenvalue weighted by Gasteiger charge is -2.08. The highest BCUT2D eigenvalue weighted by molar-refractivity contribution is 5.56. The molecule has 0 spiro atoms. The standard InChI is InChI=1S/C9H10O4/c1-11-8-6(4-10)2-3-7-9(8)13-5-12-7/h2-3,10H,4-5H2,1H3. The molecule has 1 aliphatic rings. The molecule has 70 valence electrons. The maximum absolute atomic E-state index is 9.00. The predicted molar refractivity (Wildman–Crippen MR) is 45.0 cm³/mol. The van der Waals surface area contributed by atoms with Gasteiger partial charge in [0.05, 0.1) is 13.7 Å². The Morgan fingerprint density at radius 1 is 1.46 bits per heavy atom. The first-order valence-electron chi connectivity index (χ1n) is 3.93. The molecule has 1 N–H and O–H groups in total. The first kappa shape index (κ1) is 8.19. The summed E-state index contributed by atoms with van der Waals surface area (Å²) < 4.78 is 15.5. The first-order chi connectivity index (χ1) is 6.36. The van der Waals surface area contributed by atoms with Crippen molar-refractivity contribution in [1.29, 1.82) is 0 Å². The summed E-state index contributed by atoms with van der Waals surface area (Å²) >= 11 is 0. The molecule has 4 nitrogen and oxygen atoms in total. The van der Waals surface area contributed by atoms with Crippen LogP contribution in [0.25, 0.3) is 0 Å². The number of methoxy groups -OCH3 is 1. The fourth-order valence-corrected chi connectivity index (χ4v) is 1.34.